The Morgan fingerprint density at radius 3 is 2.25 bits per heavy atom. The molecule has 5 heteroatoms. The maximum absolute atomic E-state index is 8.72. The molecule has 92 valence electrons. The van der Waals surface area contributed by atoms with Gasteiger partial charge in [-0.25, -0.2) is 0 Å². The average molecular weight is 241 g/mol. The molecular weight excluding hydrogens is 218 g/mol. The molecule has 0 aromatic heterocycles. The zero-order valence-corrected chi connectivity index (χ0v) is 12.0. The third-order valence-electron chi connectivity index (χ3n) is 3.11. The quantitative estimate of drug-likeness (QED) is 0.354. The topological polar surface area (TPSA) is 39.1 Å². The second kappa shape index (κ2) is 5.38. The van der Waals surface area contributed by atoms with Crippen LogP contribution in [-0.2, 0) is 0 Å². The zero-order chi connectivity index (χ0) is 12.3. The maximum Gasteiger partial charge on any atom is 0.147 e. The van der Waals surface area contributed by atoms with Gasteiger partial charge in [-0.2, -0.15) is 0 Å². The lowest BCUT2D eigenvalue weighted by Gasteiger charge is -2.37. The molecule has 0 spiro atoms. The zero-order valence-electron chi connectivity index (χ0n) is 10.8. The van der Waals surface area contributed by atoms with E-state index in [9.17, 15) is 0 Å². The molecule has 16 heavy (non-hydrogen) atoms. The van der Waals surface area contributed by atoms with Crippen molar-refractivity contribution in [2.24, 2.45) is 5.16 Å². The van der Waals surface area contributed by atoms with Crippen molar-refractivity contribution in [3.8, 4) is 0 Å². The van der Waals surface area contributed by atoms with Crippen molar-refractivity contribution in [1.82, 2.24) is 9.47 Å². The van der Waals surface area contributed by atoms with Gasteiger partial charge in [0.2, 0.25) is 0 Å². The molecule has 0 bridgehead atoms. The summed E-state index contributed by atoms with van der Waals surface area (Å²) in [6.45, 7) is 9.15. The molecule has 1 aliphatic rings. The monoisotopic (exact) mass is 241 g/mol. The molecule has 0 amide bonds. The molecule has 0 saturated carbocycles. The number of nitrogens with zero attached hydrogens (tertiary/aromatic N) is 3. The number of hydrogen-bond acceptors (Lipinski definition) is 4. The molecule has 1 heterocycles. The summed E-state index contributed by atoms with van der Waals surface area (Å²) in [7, 11) is 0.951. The smallest absolute Gasteiger partial charge is 0.147 e. The van der Waals surface area contributed by atoms with E-state index in [4.69, 9.17) is 5.21 Å². The summed E-state index contributed by atoms with van der Waals surface area (Å²) in [5.74, 6) is 0. The molecule has 1 N–H and O–H groups in total. The summed E-state index contributed by atoms with van der Waals surface area (Å²) in [4.78, 5) is 2.07. The molecule has 0 fully saturated rings. The van der Waals surface area contributed by atoms with Gasteiger partial charge in [-0.05, 0) is 11.1 Å². The van der Waals surface area contributed by atoms with Gasteiger partial charge >= 0.3 is 0 Å². The van der Waals surface area contributed by atoms with Crippen molar-refractivity contribution in [3.63, 3.8) is 0 Å². The fourth-order valence-electron chi connectivity index (χ4n) is 2.54. The van der Waals surface area contributed by atoms with Gasteiger partial charge in [-0.15, -0.1) is 0 Å². The van der Waals surface area contributed by atoms with Gasteiger partial charge in [-0.1, -0.05) is 32.9 Å². The van der Waals surface area contributed by atoms with Crippen LogP contribution >= 0.6 is 0 Å². The van der Waals surface area contributed by atoms with Crippen LogP contribution in [-0.4, -0.2) is 43.1 Å². The third-order valence-corrected chi connectivity index (χ3v) is 7.01. The molecule has 1 rings (SSSR count). The lowest BCUT2D eigenvalue weighted by atomic mass is 10.5. The van der Waals surface area contributed by atoms with Crippen LogP contribution in [0.1, 0.15) is 27.7 Å². The maximum atomic E-state index is 8.72. The van der Waals surface area contributed by atoms with Crippen molar-refractivity contribution >= 4 is 15.2 Å². The van der Waals surface area contributed by atoms with Crippen LogP contribution in [0.15, 0.2) is 17.6 Å². The second-order valence-corrected chi connectivity index (χ2v) is 9.31. The van der Waals surface area contributed by atoms with Gasteiger partial charge in [0.15, 0.2) is 0 Å². The molecule has 0 aliphatic carbocycles. The standard InChI is InChI=1S/C11H23N3OSi/c1-9(2)16(10(3)4)14-7-6-13(5)11(14)8-12-15/h6-11,15-16H,1-5H3. The molecule has 4 nitrogen and oxygen atoms in total. The first-order valence-corrected chi connectivity index (χ1v) is 7.69. The molecule has 1 unspecified atom stereocenters. The summed E-state index contributed by atoms with van der Waals surface area (Å²) in [5.41, 5.74) is 1.40. The first-order valence-electron chi connectivity index (χ1n) is 5.84. The number of rotatable bonds is 4. The molecular formula is C11H23N3OSi. The molecule has 0 saturated heterocycles. The summed E-state index contributed by atoms with van der Waals surface area (Å²) in [6, 6.07) is 0. The van der Waals surface area contributed by atoms with Gasteiger partial charge in [0.05, 0.1) is 6.21 Å². The van der Waals surface area contributed by atoms with Gasteiger partial charge < -0.3 is 14.7 Å². The van der Waals surface area contributed by atoms with Crippen LogP contribution < -0.4 is 0 Å². The summed E-state index contributed by atoms with van der Waals surface area (Å²) in [5, 5.41) is 11.9. The minimum absolute atomic E-state index is 0.0893. The second-order valence-electron chi connectivity index (χ2n) is 5.07. The normalized spacial score (nSPS) is 21.4. The van der Waals surface area contributed by atoms with E-state index in [0.717, 1.165) is 0 Å². The molecule has 1 atom stereocenters. The first-order chi connectivity index (χ1) is 7.49. The van der Waals surface area contributed by atoms with Gasteiger partial charge in [0, 0.05) is 19.4 Å². The van der Waals surface area contributed by atoms with E-state index < -0.39 is 8.96 Å². The van der Waals surface area contributed by atoms with Crippen molar-refractivity contribution in [2.75, 3.05) is 7.05 Å². The molecule has 0 aromatic carbocycles. The van der Waals surface area contributed by atoms with Gasteiger partial charge in [0.25, 0.3) is 0 Å². The van der Waals surface area contributed by atoms with E-state index in [-0.39, 0.29) is 6.17 Å². The van der Waals surface area contributed by atoms with Crippen LogP contribution in [0.25, 0.3) is 0 Å². The van der Waals surface area contributed by atoms with E-state index in [1.54, 1.807) is 6.21 Å². The lowest BCUT2D eigenvalue weighted by molar-refractivity contribution is 0.292. The Hall–Kier alpha value is -0.973. The van der Waals surface area contributed by atoms with Crippen molar-refractivity contribution < 1.29 is 5.21 Å². The van der Waals surface area contributed by atoms with Crippen molar-refractivity contribution in [1.29, 1.82) is 0 Å². The summed E-state index contributed by atoms with van der Waals surface area (Å²) < 4.78 is 2.40. The fourth-order valence-corrected chi connectivity index (χ4v) is 6.38. The molecule has 0 radical (unpaired) electrons. The van der Waals surface area contributed by atoms with Gasteiger partial charge in [0.1, 0.15) is 15.1 Å². The highest BCUT2D eigenvalue weighted by Gasteiger charge is 2.33. The van der Waals surface area contributed by atoms with Crippen molar-refractivity contribution in [3.05, 3.63) is 12.4 Å². The van der Waals surface area contributed by atoms with E-state index in [0.29, 0.717) is 11.1 Å². The Morgan fingerprint density at radius 1 is 1.25 bits per heavy atom. The Bertz CT molecular complexity index is 270. The Labute approximate surface area is 99.9 Å². The van der Waals surface area contributed by atoms with Crippen LogP contribution in [0, 0.1) is 0 Å². The Morgan fingerprint density at radius 2 is 1.81 bits per heavy atom. The SMILES string of the molecule is CC(C)[SiH](C(C)C)N1C=CN(C)C1C=NO. The van der Waals surface area contributed by atoms with Crippen LogP contribution in [0.5, 0.6) is 0 Å². The number of hydrogen-bond donors (Lipinski definition) is 1. The Balaban J connectivity index is 2.88. The molecule has 0 aromatic rings. The highest BCUT2D eigenvalue weighted by molar-refractivity contribution is 6.59. The Kier molecular flexibility index (Phi) is 4.41. The number of oxime groups is 1. The van der Waals surface area contributed by atoms with E-state index in [1.165, 1.54) is 0 Å². The van der Waals surface area contributed by atoms with E-state index in [2.05, 4.69) is 54.7 Å². The summed E-state index contributed by atoms with van der Waals surface area (Å²) in [6.07, 6.45) is 5.89. The van der Waals surface area contributed by atoms with Crippen LogP contribution in [0.2, 0.25) is 11.1 Å². The largest absolute Gasteiger partial charge is 0.411 e. The van der Waals surface area contributed by atoms with Crippen LogP contribution in [0.4, 0.5) is 0 Å². The predicted molar refractivity (Wildman–Crippen MR) is 70.2 cm³/mol. The fraction of sp³-hybridized carbons (Fsp3) is 0.727. The molecule has 1 aliphatic heterocycles. The predicted octanol–water partition coefficient (Wildman–Crippen LogP) is 2.03. The van der Waals surface area contributed by atoms with Crippen LogP contribution in [0.3, 0.4) is 0 Å². The highest BCUT2D eigenvalue weighted by Crippen LogP contribution is 2.28. The third kappa shape index (κ3) is 2.58. The van der Waals surface area contributed by atoms with E-state index >= 15 is 0 Å². The highest BCUT2D eigenvalue weighted by atomic mass is 28.3. The lowest BCUT2D eigenvalue weighted by Crippen LogP contribution is -2.49. The first kappa shape index (κ1) is 13.1. The average Bonchev–Trinajstić information content (AvgIpc) is 2.49. The van der Waals surface area contributed by atoms with Gasteiger partial charge in [-0.3, -0.25) is 0 Å². The van der Waals surface area contributed by atoms with Crippen molar-refractivity contribution in [2.45, 2.75) is 44.9 Å². The minimum Gasteiger partial charge on any atom is -0.411 e. The summed E-state index contributed by atoms with van der Waals surface area (Å²) >= 11 is 0. The minimum atomic E-state index is -1.06. The van der Waals surface area contributed by atoms with E-state index in [1.807, 2.05) is 7.05 Å².